The normalized spacial score (nSPS) is 15.2. The van der Waals surface area contributed by atoms with Gasteiger partial charge in [-0.15, -0.1) is 375 Å². The molecule has 0 aliphatic heterocycles. The Hall–Kier alpha value is 29.0. The van der Waals surface area contributed by atoms with E-state index in [0.29, 0.717) is 0 Å². The van der Waals surface area contributed by atoms with Gasteiger partial charge >= 0.3 is 0 Å². The van der Waals surface area contributed by atoms with Gasteiger partial charge in [-0.1, -0.05) is 163 Å². The van der Waals surface area contributed by atoms with Crippen LogP contribution in [0.2, 0.25) is 0 Å². The van der Waals surface area contributed by atoms with Gasteiger partial charge in [-0.2, -0.15) is 0 Å². The average molecular weight is 3380 g/mol. The monoisotopic (exact) mass is 3370 g/mol. The highest BCUT2D eigenvalue weighted by Crippen LogP contribution is 3.52. The number of rotatable bonds is 45. The van der Waals surface area contributed by atoms with Crippen molar-refractivity contribution in [1.82, 2.24) is 4.57 Å². The molecule has 11 rings (SSSR count). The molecule has 1 heterocycles. The maximum atomic E-state index is 3.90. The fraction of sp³-hybridized carbons (Fsp3) is 0.111. The van der Waals surface area contributed by atoms with Crippen LogP contribution in [0, 0.1) is 0 Å². The van der Waals surface area contributed by atoms with Crippen LogP contribution in [-0.2, 0) is 10.8 Å². The minimum Gasteiger partial charge on any atom is -0.310 e. The molecule has 2 nitrogen and oxygen atoms in total. The van der Waals surface area contributed by atoms with Crippen molar-refractivity contribution >= 4 is 701 Å². The zero-order chi connectivity index (χ0) is 104. The minimum absolute atomic E-state index is 0.0613. The molecule has 2 aliphatic carbocycles. The standard InChI is InChI=1S/C54H42N2.H85P83/c1-53(2)46-20-10-5-16-40(46)44-33-37(29-31-48(44)53)55(38-30-32-49-45(34-38)41-17-6-11-21-47(41)54(49,3)4)50-22-12-7-15-39(50)35-25-27-36(28-26-35)56-51-23-13-8-18-42(51)43-19-9-14-24-52(43)56;1-43-64(42)75(65(44(2)3)45(4)5)80(74(62(38)39)63(40)41)83(81(76(66(46(6)7)47(8)9)67(48(10)11)49(12)13)77(68(50(14)15)51(16)17)69(52(18)19)53(20)21)82(78(70(54(22)23)55(24)25)71(56(26)27)57(28)29)79(72(58(30)31)59(32)33)73(60(34)35)61(36)37/h5-34H,1-4H3;43H,1-42H2. The Morgan fingerprint density at radius 1 is 0.216 bits per heavy atom. The highest BCUT2D eigenvalue weighted by Gasteiger charge is 2.66. The Labute approximate surface area is 979 Å². The molecule has 0 radical (unpaired) electrons. The van der Waals surface area contributed by atoms with Crippen molar-refractivity contribution in [2.45, 2.75) is 38.5 Å². The van der Waals surface area contributed by atoms with Crippen molar-refractivity contribution in [1.29, 1.82) is 0 Å². The quantitative estimate of drug-likeness (QED) is 0.0345. The van der Waals surface area contributed by atoms with E-state index in [-0.39, 0.29) is 262 Å². The zero-order valence-corrected chi connectivity index (χ0v) is 160. The van der Waals surface area contributed by atoms with Crippen LogP contribution in [0.3, 0.4) is 0 Å². The third-order valence-electron chi connectivity index (χ3n) is 20.1. The van der Waals surface area contributed by atoms with Gasteiger partial charge in [0.1, 0.15) is 0 Å². The molecule has 1 aromatic heterocycles. The summed E-state index contributed by atoms with van der Waals surface area (Å²) in [7, 11) is 157. The third-order valence-corrected chi connectivity index (χ3v) is 607. The smallest absolute Gasteiger partial charge is 0.0541 e. The second-order valence-corrected chi connectivity index (χ2v) is 372. The Morgan fingerprint density at radius 3 is 0.698 bits per heavy atom. The molecule has 2 aliphatic rings. The maximum absolute atomic E-state index is 3.90. The summed E-state index contributed by atoms with van der Waals surface area (Å²) in [5, 5.41) is 2.54. The molecule has 9 aromatic rings. The van der Waals surface area contributed by atoms with Gasteiger partial charge in [-0.3, -0.25) is 0 Å². The van der Waals surface area contributed by atoms with Crippen molar-refractivity contribution in [3.05, 3.63) is 204 Å². The van der Waals surface area contributed by atoms with Crippen molar-refractivity contribution in [2.75, 3.05) is 4.90 Å². The highest BCUT2D eigenvalue weighted by atomic mass is 33.6. The summed E-state index contributed by atoms with van der Waals surface area (Å²) < 4.78 is 2.39. The van der Waals surface area contributed by atoms with Crippen molar-refractivity contribution in [3.8, 4) is 39.1 Å². The Balaban J connectivity index is 0.000000304. The number of fused-ring (bicyclic) bond motifs is 9. The summed E-state index contributed by atoms with van der Waals surface area (Å²) in [5.74, 6) is 0. The van der Waals surface area contributed by atoms with E-state index in [0.717, 1.165) is 30.7 Å². The summed E-state index contributed by atoms with van der Waals surface area (Å²) in [6, 6.07) is 67.6. The first-order valence-corrected chi connectivity index (χ1v) is 190. The molecule has 85 heteroatoms. The molecule has 139 heavy (non-hydrogen) atoms. The van der Waals surface area contributed by atoms with Crippen LogP contribution in [-0.4, -0.2) is 4.57 Å². The molecule has 0 saturated carbocycles. The number of hydrogen-bond acceptors (Lipinski definition) is 1. The fourth-order valence-electron chi connectivity index (χ4n) is 15.1. The molecule has 768 valence electrons. The lowest BCUT2D eigenvalue weighted by atomic mass is 9.82. The third kappa shape index (κ3) is 38.9. The van der Waals surface area contributed by atoms with Gasteiger partial charge in [0.25, 0.3) is 0 Å². The molecular weight excluding hydrogens is 3250 g/mol. The molecule has 0 bridgehead atoms. The fourth-order valence-corrected chi connectivity index (χ4v) is 1240. The number of hydrogen-bond donors (Lipinski definition) is 0. The molecule has 0 N–H and O–H groups in total. The van der Waals surface area contributed by atoms with Gasteiger partial charge in [-0.05, 0) is 384 Å². The van der Waals surface area contributed by atoms with E-state index in [1.165, 1.54) is 77.4 Å². The van der Waals surface area contributed by atoms with Gasteiger partial charge in [0, 0.05) is 44.2 Å². The second kappa shape index (κ2) is 72.5. The van der Waals surface area contributed by atoms with Gasteiger partial charge < -0.3 is 9.47 Å². The predicted octanol–water partition coefficient (Wildman–Crippen LogP) is 63.3. The molecule has 0 fully saturated rings. The maximum Gasteiger partial charge on any atom is 0.0541 e. The van der Waals surface area contributed by atoms with Gasteiger partial charge in [0.15, 0.2) is 0 Å². The summed E-state index contributed by atoms with van der Waals surface area (Å²) in [4.78, 5) is 2.48. The predicted molar refractivity (Wildman–Crippen MR) is 929 cm³/mol. The van der Waals surface area contributed by atoms with E-state index in [1.54, 1.807) is 0 Å². The molecule has 0 spiro atoms. The van der Waals surface area contributed by atoms with Crippen molar-refractivity contribution in [2.24, 2.45) is 0 Å². The van der Waals surface area contributed by atoms with E-state index in [4.69, 9.17) is 0 Å². The van der Waals surface area contributed by atoms with Crippen LogP contribution in [0.4, 0.5) is 17.1 Å². The number of benzene rings is 8. The van der Waals surface area contributed by atoms with Crippen LogP contribution in [0.25, 0.3) is 60.9 Å². The van der Waals surface area contributed by atoms with Crippen LogP contribution >= 0.6 is 662 Å². The van der Waals surface area contributed by atoms with E-state index in [1.807, 2.05) is 0 Å². The lowest BCUT2D eigenvalue weighted by Gasteiger charge is -2.63. The molecule has 8 aromatic carbocycles. The van der Waals surface area contributed by atoms with E-state index >= 15 is 0 Å². The van der Waals surface area contributed by atoms with Crippen molar-refractivity contribution < 1.29 is 0 Å². The Morgan fingerprint density at radius 2 is 0.432 bits per heavy atom. The Kier molecular flexibility index (Phi) is 78.0. The van der Waals surface area contributed by atoms with Crippen LogP contribution in [0.5, 0.6) is 0 Å². The number of para-hydroxylation sites is 3. The van der Waals surface area contributed by atoms with E-state index in [9.17, 15) is 0 Å². The van der Waals surface area contributed by atoms with E-state index in [2.05, 4.69) is 594 Å². The Bertz CT molecular complexity index is 4920. The molecule has 46 atom stereocenters. The first kappa shape index (κ1) is 150. The molecule has 0 amide bonds. The minimum atomic E-state index is -0.485. The number of aromatic nitrogens is 1. The largest absolute Gasteiger partial charge is 0.310 e. The molecule has 0 saturated heterocycles. The lowest BCUT2D eigenvalue weighted by molar-refractivity contribution is 0.660. The number of anilines is 3. The summed E-state index contributed by atoms with van der Waals surface area (Å²) in [5.41, 5.74) is 20.1. The zero-order valence-electron chi connectivity index (χ0n) is 74.9. The van der Waals surface area contributed by atoms with Crippen LogP contribution in [0.15, 0.2) is 182 Å². The average Bonchev–Trinajstić information content (AvgIpc) is 1.62. The van der Waals surface area contributed by atoms with Gasteiger partial charge in [0.05, 0.1) is 16.7 Å². The van der Waals surface area contributed by atoms with E-state index < -0.39 is 27.9 Å². The first-order valence-electron chi connectivity index (χ1n) is 38.7. The lowest BCUT2D eigenvalue weighted by Crippen LogP contribution is -2.16. The summed E-state index contributed by atoms with van der Waals surface area (Å²) in [6.07, 6.45) is 0. The number of nitrogens with zero attached hydrogens (tertiary/aromatic N) is 2. The molecule has 46 unspecified atom stereocenters. The van der Waals surface area contributed by atoms with Crippen LogP contribution in [0.1, 0.15) is 49.9 Å². The van der Waals surface area contributed by atoms with Crippen LogP contribution < -0.4 is 4.90 Å². The van der Waals surface area contributed by atoms with Crippen molar-refractivity contribution in [3.63, 3.8) is 0 Å². The second-order valence-electron chi connectivity index (χ2n) is 29.7. The highest BCUT2D eigenvalue weighted by molar-refractivity contribution is 9.58. The molecular formula is C54H127N2P83. The summed E-state index contributed by atoms with van der Waals surface area (Å²) in [6.45, 7) is -4.85. The van der Waals surface area contributed by atoms with Gasteiger partial charge in [0.2, 0.25) is 0 Å². The van der Waals surface area contributed by atoms with Gasteiger partial charge in [-0.25, -0.2) is 0 Å². The topological polar surface area (TPSA) is 8.17 Å². The summed E-state index contributed by atoms with van der Waals surface area (Å²) >= 11 is 0. The SMILES string of the molecule is CC1(C)c2ccccc2-c2cc(N(c3ccc4c(c3)-c3ccccc3C4(C)C)c3ccccc3-c3ccc(-n4c5ccccc5c5ccccc54)cc3)ccc21.PPP(P)P(P(P(P)P)P(P)P)P(P(P(P)P)P(P)P)P(P(P(P(P(P)P)P(P)P)P(P(P)P)P(P)P)P(P(P(P)P)P(P)P)P(P(P)P)P(P)P)P(P(P(P(P)P)P(P)P)P(P(P)P)P(P)P)P(P(P(P)P)P(P)P)P(P(P)P)P(P)P. The first-order chi connectivity index (χ1) is 65.1.